The predicted octanol–water partition coefficient (Wildman–Crippen LogP) is 5.01. The van der Waals surface area contributed by atoms with E-state index in [9.17, 15) is 24.5 Å². The van der Waals surface area contributed by atoms with Crippen molar-refractivity contribution in [1.29, 1.82) is 0 Å². The quantitative estimate of drug-likeness (QED) is 0.108. The van der Waals surface area contributed by atoms with Crippen molar-refractivity contribution < 1.29 is 43.0 Å². The van der Waals surface area contributed by atoms with Crippen LogP contribution in [0.2, 0.25) is 0 Å². The van der Waals surface area contributed by atoms with Gasteiger partial charge in [0.05, 0.1) is 21.6 Å². The van der Waals surface area contributed by atoms with Gasteiger partial charge in [-0.05, 0) is 48.5 Å². The molecule has 1 aliphatic heterocycles. The topological polar surface area (TPSA) is 141 Å². The molecule has 0 spiro atoms. The highest BCUT2D eigenvalue weighted by Crippen LogP contribution is 2.31. The van der Waals surface area contributed by atoms with E-state index in [1.165, 1.54) is 24.3 Å². The van der Waals surface area contributed by atoms with Gasteiger partial charge in [0.1, 0.15) is 18.5 Å². The molecule has 4 aromatic carbocycles. The van der Waals surface area contributed by atoms with Crippen LogP contribution in [-0.4, -0.2) is 54.0 Å². The second-order valence-corrected chi connectivity index (χ2v) is 9.35. The van der Waals surface area contributed by atoms with Crippen LogP contribution in [0.4, 0.5) is 5.69 Å². The van der Waals surface area contributed by atoms with Gasteiger partial charge in [-0.3, -0.25) is 10.1 Å². The van der Waals surface area contributed by atoms with Crippen molar-refractivity contribution in [3.63, 3.8) is 0 Å². The second-order valence-electron chi connectivity index (χ2n) is 9.35. The van der Waals surface area contributed by atoms with Crippen molar-refractivity contribution in [2.24, 2.45) is 0 Å². The molecule has 0 amide bonds. The highest BCUT2D eigenvalue weighted by atomic mass is 16.7. The minimum absolute atomic E-state index is 0.159. The van der Waals surface area contributed by atoms with Crippen molar-refractivity contribution in [1.82, 2.24) is 0 Å². The molecule has 218 valence electrons. The molecule has 5 rings (SSSR count). The minimum atomic E-state index is -1.34. The summed E-state index contributed by atoms with van der Waals surface area (Å²) in [5, 5.41) is 11.1. The second kappa shape index (κ2) is 13.4. The lowest BCUT2D eigenvalue weighted by Crippen LogP contribution is -2.43. The fourth-order valence-electron chi connectivity index (χ4n) is 4.32. The monoisotopic (exact) mass is 583 g/mol. The Morgan fingerprint density at radius 2 is 1.12 bits per heavy atom. The largest absolute Gasteiger partial charge is 0.461 e. The van der Waals surface area contributed by atoms with Crippen LogP contribution in [0, 0.1) is 10.1 Å². The number of esters is 3. The van der Waals surface area contributed by atoms with Gasteiger partial charge in [-0.2, -0.15) is 0 Å². The number of ether oxygens (including phenoxy) is 5. The lowest BCUT2D eigenvalue weighted by Gasteiger charge is -2.24. The van der Waals surface area contributed by atoms with Gasteiger partial charge >= 0.3 is 17.9 Å². The Bertz CT molecular complexity index is 1560. The number of nitro benzene ring substituents is 1. The molecule has 1 unspecified atom stereocenters. The predicted molar refractivity (Wildman–Crippen MR) is 150 cm³/mol. The first-order valence-electron chi connectivity index (χ1n) is 13.2. The molecule has 11 nitrogen and oxygen atoms in total. The van der Waals surface area contributed by atoms with Crippen molar-refractivity contribution in [3.05, 3.63) is 142 Å². The number of nitrogens with zero attached hydrogens (tertiary/aromatic N) is 1. The Hall–Kier alpha value is -5.55. The Labute approximate surface area is 245 Å². The van der Waals surface area contributed by atoms with E-state index in [4.69, 9.17) is 23.7 Å². The van der Waals surface area contributed by atoms with Crippen LogP contribution >= 0.6 is 0 Å². The molecule has 1 heterocycles. The smallest absolute Gasteiger partial charge is 0.338 e. The van der Waals surface area contributed by atoms with E-state index in [1.54, 1.807) is 91.0 Å². The van der Waals surface area contributed by atoms with Crippen LogP contribution in [-0.2, 0) is 18.9 Å². The summed E-state index contributed by atoms with van der Waals surface area (Å²) in [7, 11) is 0. The zero-order valence-electron chi connectivity index (χ0n) is 22.5. The molecule has 11 heteroatoms. The summed E-state index contributed by atoms with van der Waals surface area (Å²) in [4.78, 5) is 49.5. The van der Waals surface area contributed by atoms with E-state index in [-0.39, 0.29) is 29.2 Å². The molecular weight excluding hydrogens is 558 g/mol. The molecule has 0 aliphatic carbocycles. The molecule has 4 aromatic rings. The van der Waals surface area contributed by atoms with Crippen LogP contribution in [0.5, 0.6) is 5.75 Å². The fraction of sp³-hybridized carbons (Fsp3) is 0.156. The lowest BCUT2D eigenvalue weighted by molar-refractivity contribution is -0.384. The van der Waals surface area contributed by atoms with Gasteiger partial charge in [0.25, 0.3) is 5.69 Å². The maximum Gasteiger partial charge on any atom is 0.338 e. The van der Waals surface area contributed by atoms with Gasteiger partial charge in [0, 0.05) is 12.1 Å². The zero-order chi connectivity index (χ0) is 30.2. The van der Waals surface area contributed by atoms with E-state index in [0.717, 1.165) is 0 Å². The summed E-state index contributed by atoms with van der Waals surface area (Å²) in [5.41, 5.74) is 0.593. The third kappa shape index (κ3) is 7.21. The number of rotatable bonds is 10. The third-order valence-corrected chi connectivity index (χ3v) is 6.46. The van der Waals surface area contributed by atoms with Crippen LogP contribution in [0.25, 0.3) is 0 Å². The first kappa shape index (κ1) is 29.0. The summed E-state index contributed by atoms with van der Waals surface area (Å²) in [6.07, 6.45) is -5.05. The Balaban J connectivity index is 1.44. The van der Waals surface area contributed by atoms with Gasteiger partial charge in [-0.15, -0.1) is 0 Å². The lowest BCUT2D eigenvalue weighted by atomic mass is 10.1. The third-order valence-electron chi connectivity index (χ3n) is 6.46. The van der Waals surface area contributed by atoms with Crippen LogP contribution in [0.3, 0.4) is 0 Å². The van der Waals surface area contributed by atoms with Crippen LogP contribution in [0.15, 0.2) is 115 Å². The first-order valence-corrected chi connectivity index (χ1v) is 13.2. The van der Waals surface area contributed by atoms with E-state index < -0.39 is 47.4 Å². The van der Waals surface area contributed by atoms with E-state index in [0.29, 0.717) is 5.56 Å². The number of nitro groups is 1. The Kier molecular flexibility index (Phi) is 9.03. The molecule has 0 saturated carbocycles. The number of carbonyl (C=O) groups excluding carboxylic acids is 3. The molecule has 0 N–H and O–H groups in total. The number of hydrogen-bond acceptors (Lipinski definition) is 10. The van der Waals surface area contributed by atoms with E-state index in [2.05, 4.69) is 0 Å². The molecule has 0 bridgehead atoms. The van der Waals surface area contributed by atoms with E-state index >= 15 is 0 Å². The average molecular weight is 584 g/mol. The van der Waals surface area contributed by atoms with Gasteiger partial charge in [0.2, 0.25) is 12.4 Å². The highest BCUT2D eigenvalue weighted by molar-refractivity contribution is 5.91. The molecule has 0 aromatic heterocycles. The van der Waals surface area contributed by atoms with Crippen molar-refractivity contribution in [3.8, 4) is 5.75 Å². The number of carbonyl (C=O) groups is 3. The molecule has 1 aliphatic rings. The average Bonchev–Trinajstić information content (AvgIpc) is 3.35. The molecule has 0 radical (unpaired) electrons. The molecule has 1 fully saturated rings. The summed E-state index contributed by atoms with van der Waals surface area (Å²) in [6, 6.07) is 29.8. The number of hydrogen-bond donors (Lipinski definition) is 0. The molecule has 4 atom stereocenters. The van der Waals surface area contributed by atoms with Gasteiger partial charge in [-0.1, -0.05) is 54.6 Å². The van der Waals surface area contributed by atoms with Gasteiger partial charge in [-0.25, -0.2) is 14.4 Å². The summed E-state index contributed by atoms with van der Waals surface area (Å²) < 4.78 is 29.1. The van der Waals surface area contributed by atoms with Crippen molar-refractivity contribution in [2.75, 3.05) is 6.61 Å². The van der Waals surface area contributed by atoms with Crippen molar-refractivity contribution >= 4 is 23.6 Å². The van der Waals surface area contributed by atoms with E-state index in [1.807, 2.05) is 0 Å². The summed E-state index contributed by atoms with van der Waals surface area (Å²) in [6.45, 7) is -0.375. The van der Waals surface area contributed by atoms with Crippen LogP contribution in [0.1, 0.15) is 31.1 Å². The van der Waals surface area contributed by atoms with Gasteiger partial charge in [0.15, 0.2) is 6.10 Å². The number of benzene rings is 4. The summed E-state index contributed by atoms with van der Waals surface area (Å²) in [5.74, 6) is -1.96. The minimum Gasteiger partial charge on any atom is -0.461 e. The first-order chi connectivity index (χ1) is 20.9. The molecule has 43 heavy (non-hydrogen) atoms. The zero-order valence-corrected chi connectivity index (χ0v) is 22.5. The summed E-state index contributed by atoms with van der Waals surface area (Å²) >= 11 is 0. The Morgan fingerprint density at radius 3 is 1.60 bits per heavy atom. The number of non-ortho nitro benzene ring substituents is 1. The SMILES string of the molecule is O=C(OC[C@@H]1OC(Oc2ccc([N+](=O)[O-])cc2)[C@H](OC(=O)c2ccccc2)[C@H]1OC(=O)c1ccccc1)c1ccccc1. The Morgan fingerprint density at radius 1 is 0.651 bits per heavy atom. The maximum absolute atomic E-state index is 13.1. The van der Waals surface area contributed by atoms with Gasteiger partial charge < -0.3 is 23.7 Å². The molecular formula is C32H25NO10. The maximum atomic E-state index is 13.1. The standard InChI is InChI=1S/C32H25NO10/c34-29(21-10-4-1-5-11-21)39-20-26-27(42-30(35)22-12-6-2-7-13-22)28(43-31(36)23-14-8-3-9-15-23)32(41-26)40-25-18-16-24(17-19-25)33(37)38/h1-19,26-28,32H,20H2/t26-,27-,28+,32?/m0/s1. The highest BCUT2D eigenvalue weighted by Gasteiger charge is 2.52. The fourth-order valence-corrected chi connectivity index (χ4v) is 4.32. The van der Waals surface area contributed by atoms with Crippen molar-refractivity contribution in [2.45, 2.75) is 24.6 Å². The van der Waals surface area contributed by atoms with Crippen LogP contribution < -0.4 is 4.74 Å². The normalized spacial score (nSPS) is 19.2. The molecule has 1 saturated heterocycles.